The minimum atomic E-state index is -3.56. The van der Waals surface area contributed by atoms with E-state index < -0.39 is 10.0 Å². The van der Waals surface area contributed by atoms with E-state index in [0.717, 1.165) is 43.4 Å². The lowest BCUT2D eigenvalue weighted by Crippen LogP contribution is -2.36. The van der Waals surface area contributed by atoms with Crippen LogP contribution in [0.2, 0.25) is 0 Å². The quantitative estimate of drug-likeness (QED) is 0.418. The smallest absolute Gasteiger partial charge is 0.250 e. The molecule has 32 heavy (non-hydrogen) atoms. The van der Waals surface area contributed by atoms with E-state index in [-0.39, 0.29) is 22.0 Å². The minimum absolute atomic E-state index is 0.000288. The highest BCUT2D eigenvalue weighted by Crippen LogP contribution is 2.21. The standard InChI is InChI=1S/C23H27N3O4S2/c1-30-20-12-7-17(8-13-20)9-16-22(27)25-23(31)24-18-10-14-21(15-11-18)32(28,29)26-19-5-3-2-4-6-19/h7-16,19,26H,2-6H2,1H3,(H2,24,25,27,31). The van der Waals surface area contributed by atoms with Crippen LogP contribution in [-0.4, -0.2) is 32.6 Å². The van der Waals surface area contributed by atoms with Gasteiger partial charge in [-0.15, -0.1) is 0 Å². The zero-order valence-electron chi connectivity index (χ0n) is 17.8. The first-order valence-electron chi connectivity index (χ1n) is 10.4. The maximum Gasteiger partial charge on any atom is 0.250 e. The number of rotatable bonds is 7. The molecule has 0 aromatic heterocycles. The summed E-state index contributed by atoms with van der Waals surface area (Å²) in [5.74, 6) is 0.356. The van der Waals surface area contributed by atoms with Gasteiger partial charge in [0.2, 0.25) is 15.9 Å². The van der Waals surface area contributed by atoms with Gasteiger partial charge >= 0.3 is 0 Å². The Balaban J connectivity index is 1.51. The molecule has 0 saturated heterocycles. The third-order valence-electron chi connectivity index (χ3n) is 5.13. The van der Waals surface area contributed by atoms with Crippen LogP contribution in [0.1, 0.15) is 37.7 Å². The van der Waals surface area contributed by atoms with Gasteiger partial charge in [0.15, 0.2) is 5.11 Å². The Kier molecular flexibility index (Phi) is 8.38. The Bertz CT molecular complexity index is 1060. The molecular weight excluding hydrogens is 446 g/mol. The van der Waals surface area contributed by atoms with E-state index in [2.05, 4.69) is 15.4 Å². The fraction of sp³-hybridized carbons (Fsp3) is 0.304. The molecule has 2 aromatic carbocycles. The van der Waals surface area contributed by atoms with Crippen LogP contribution in [0.25, 0.3) is 6.08 Å². The average Bonchev–Trinajstić information content (AvgIpc) is 2.78. The van der Waals surface area contributed by atoms with Crippen molar-refractivity contribution in [3.63, 3.8) is 0 Å². The number of anilines is 1. The number of methoxy groups -OCH3 is 1. The van der Waals surface area contributed by atoms with Crippen LogP contribution in [0.5, 0.6) is 5.75 Å². The van der Waals surface area contributed by atoms with Crippen LogP contribution < -0.4 is 20.1 Å². The predicted molar refractivity (Wildman–Crippen MR) is 130 cm³/mol. The minimum Gasteiger partial charge on any atom is -0.497 e. The molecule has 7 nitrogen and oxygen atoms in total. The Morgan fingerprint density at radius 1 is 1.03 bits per heavy atom. The maximum atomic E-state index is 12.6. The van der Waals surface area contributed by atoms with E-state index in [4.69, 9.17) is 17.0 Å². The Morgan fingerprint density at radius 2 is 1.69 bits per heavy atom. The SMILES string of the molecule is COc1ccc(C=CC(=O)NC(=S)Nc2ccc(S(=O)(=O)NC3CCCCC3)cc2)cc1. The molecule has 0 heterocycles. The summed E-state index contributed by atoms with van der Waals surface area (Å²) in [4.78, 5) is 12.3. The van der Waals surface area contributed by atoms with E-state index in [1.807, 2.05) is 12.1 Å². The van der Waals surface area contributed by atoms with Gasteiger partial charge in [-0.05, 0) is 73.1 Å². The first-order valence-corrected chi connectivity index (χ1v) is 12.3. The number of carbonyl (C=O) groups excluding carboxylic acids is 1. The van der Waals surface area contributed by atoms with Crippen molar-refractivity contribution in [3.05, 3.63) is 60.2 Å². The molecule has 2 aromatic rings. The molecule has 0 bridgehead atoms. The summed E-state index contributed by atoms with van der Waals surface area (Å²) in [6.07, 6.45) is 8.05. The highest BCUT2D eigenvalue weighted by Gasteiger charge is 2.21. The molecule has 0 atom stereocenters. The summed E-state index contributed by atoms with van der Waals surface area (Å²) in [5.41, 5.74) is 1.42. The number of hydrogen-bond donors (Lipinski definition) is 3. The molecule has 9 heteroatoms. The van der Waals surface area contributed by atoms with Gasteiger partial charge < -0.3 is 10.1 Å². The van der Waals surface area contributed by atoms with Gasteiger partial charge in [0.05, 0.1) is 12.0 Å². The lowest BCUT2D eigenvalue weighted by molar-refractivity contribution is -0.115. The van der Waals surface area contributed by atoms with Crippen molar-refractivity contribution in [2.24, 2.45) is 0 Å². The summed E-state index contributed by atoms with van der Waals surface area (Å²) < 4.78 is 33.0. The number of amides is 1. The molecule has 170 valence electrons. The van der Waals surface area contributed by atoms with Gasteiger partial charge in [-0.1, -0.05) is 31.4 Å². The number of thiocarbonyl (C=S) groups is 1. The fourth-order valence-electron chi connectivity index (χ4n) is 3.43. The summed E-state index contributed by atoms with van der Waals surface area (Å²) in [7, 11) is -1.97. The molecule has 1 fully saturated rings. The van der Waals surface area contributed by atoms with E-state index in [1.54, 1.807) is 37.5 Å². The topological polar surface area (TPSA) is 96.5 Å². The summed E-state index contributed by atoms with van der Waals surface area (Å²) in [5, 5.41) is 5.56. The van der Waals surface area contributed by atoms with Gasteiger partial charge in [0.1, 0.15) is 5.75 Å². The molecule has 0 aliphatic heterocycles. The highest BCUT2D eigenvalue weighted by atomic mass is 32.2. The number of carbonyl (C=O) groups is 1. The molecule has 3 rings (SSSR count). The number of sulfonamides is 1. The van der Waals surface area contributed by atoms with Crippen LogP contribution >= 0.6 is 12.2 Å². The molecule has 0 radical (unpaired) electrons. The van der Waals surface area contributed by atoms with Crippen molar-refractivity contribution in [2.75, 3.05) is 12.4 Å². The zero-order chi connectivity index (χ0) is 23.0. The van der Waals surface area contributed by atoms with Crippen LogP contribution in [0.3, 0.4) is 0 Å². The Hall–Kier alpha value is -2.75. The molecule has 1 saturated carbocycles. The van der Waals surface area contributed by atoms with Gasteiger partial charge in [0, 0.05) is 17.8 Å². The summed E-state index contributed by atoms with van der Waals surface area (Å²) in [6, 6.07) is 13.5. The summed E-state index contributed by atoms with van der Waals surface area (Å²) >= 11 is 5.17. The van der Waals surface area contributed by atoms with Crippen molar-refractivity contribution in [3.8, 4) is 5.75 Å². The molecular formula is C23H27N3O4S2. The normalized spacial score (nSPS) is 14.8. The molecule has 0 spiro atoms. The van der Waals surface area contributed by atoms with Gasteiger partial charge in [-0.2, -0.15) is 0 Å². The van der Waals surface area contributed by atoms with E-state index >= 15 is 0 Å². The molecule has 3 N–H and O–H groups in total. The van der Waals surface area contributed by atoms with Crippen LogP contribution in [-0.2, 0) is 14.8 Å². The first-order chi connectivity index (χ1) is 15.4. The monoisotopic (exact) mass is 473 g/mol. The fourth-order valence-corrected chi connectivity index (χ4v) is 4.95. The first kappa shape index (κ1) is 23.9. The van der Waals surface area contributed by atoms with E-state index in [9.17, 15) is 13.2 Å². The van der Waals surface area contributed by atoms with E-state index in [0.29, 0.717) is 5.69 Å². The van der Waals surface area contributed by atoms with Gasteiger partial charge in [-0.3, -0.25) is 10.1 Å². The number of ether oxygens (including phenoxy) is 1. The van der Waals surface area contributed by atoms with Crippen molar-refractivity contribution < 1.29 is 17.9 Å². The predicted octanol–water partition coefficient (Wildman–Crippen LogP) is 3.83. The summed E-state index contributed by atoms with van der Waals surface area (Å²) in [6.45, 7) is 0. The third kappa shape index (κ3) is 7.15. The zero-order valence-corrected chi connectivity index (χ0v) is 19.5. The maximum absolute atomic E-state index is 12.6. The van der Waals surface area contributed by atoms with Crippen molar-refractivity contribution in [1.29, 1.82) is 0 Å². The number of hydrogen-bond acceptors (Lipinski definition) is 5. The number of nitrogens with one attached hydrogen (secondary N) is 3. The van der Waals surface area contributed by atoms with Crippen molar-refractivity contribution in [2.45, 2.75) is 43.0 Å². The van der Waals surface area contributed by atoms with Crippen LogP contribution in [0, 0.1) is 0 Å². The van der Waals surface area contributed by atoms with E-state index in [1.165, 1.54) is 18.2 Å². The third-order valence-corrected chi connectivity index (χ3v) is 6.87. The second kappa shape index (κ2) is 11.2. The Labute approximate surface area is 194 Å². The lowest BCUT2D eigenvalue weighted by Gasteiger charge is -2.22. The van der Waals surface area contributed by atoms with Crippen LogP contribution in [0.4, 0.5) is 5.69 Å². The second-order valence-electron chi connectivity index (χ2n) is 7.53. The van der Waals surface area contributed by atoms with Crippen molar-refractivity contribution >= 4 is 45.0 Å². The Morgan fingerprint density at radius 3 is 2.31 bits per heavy atom. The molecule has 1 amide bonds. The van der Waals surface area contributed by atoms with Gasteiger partial charge in [0.25, 0.3) is 0 Å². The second-order valence-corrected chi connectivity index (χ2v) is 9.65. The molecule has 1 aliphatic carbocycles. The van der Waals surface area contributed by atoms with Crippen LogP contribution in [0.15, 0.2) is 59.5 Å². The highest BCUT2D eigenvalue weighted by molar-refractivity contribution is 7.89. The largest absolute Gasteiger partial charge is 0.497 e. The molecule has 0 unspecified atom stereocenters. The molecule has 1 aliphatic rings. The average molecular weight is 474 g/mol. The van der Waals surface area contributed by atoms with Gasteiger partial charge in [-0.25, -0.2) is 13.1 Å². The lowest BCUT2D eigenvalue weighted by atomic mass is 9.96. The van der Waals surface area contributed by atoms with Crippen molar-refractivity contribution in [1.82, 2.24) is 10.0 Å². The number of benzene rings is 2.